The first-order valence-electron chi connectivity index (χ1n) is 6.01. The lowest BCUT2D eigenvalue weighted by molar-refractivity contribution is 0.544. The van der Waals surface area contributed by atoms with Gasteiger partial charge in [-0.2, -0.15) is 5.10 Å². The summed E-state index contributed by atoms with van der Waals surface area (Å²) in [4.78, 5) is -0.138. The van der Waals surface area contributed by atoms with E-state index < -0.39 is 14.5 Å². The van der Waals surface area contributed by atoms with E-state index in [-0.39, 0.29) is 10.0 Å². The molecule has 114 valence electrons. The number of hydrogen-bond acceptors (Lipinski definition) is 3. The van der Waals surface area contributed by atoms with Gasteiger partial charge in [-0.05, 0) is 24.3 Å². The Morgan fingerprint density at radius 2 is 1.71 bits per heavy atom. The van der Waals surface area contributed by atoms with Crippen LogP contribution in [0.4, 0.5) is 0 Å². The summed E-state index contributed by atoms with van der Waals surface area (Å²) < 4.78 is 26.0. The highest BCUT2D eigenvalue weighted by atomic mass is 79.9. The van der Waals surface area contributed by atoms with Gasteiger partial charge in [0.05, 0.1) is 11.4 Å². The quantitative estimate of drug-likeness (QED) is 0.683. The van der Waals surface area contributed by atoms with E-state index in [2.05, 4.69) is 21.0 Å². The fourth-order valence-electron chi connectivity index (χ4n) is 1.84. The summed E-state index contributed by atoms with van der Waals surface area (Å²) in [5, 5.41) is 4.34. The molecule has 0 radical (unpaired) electrons. The number of benzene rings is 1. The van der Waals surface area contributed by atoms with Gasteiger partial charge in [-0.25, -0.2) is 13.1 Å². The molecule has 0 spiro atoms. The van der Waals surface area contributed by atoms with Crippen LogP contribution in [0.25, 0.3) is 5.69 Å². The van der Waals surface area contributed by atoms with E-state index in [1.165, 1.54) is 4.68 Å². The van der Waals surface area contributed by atoms with E-state index in [0.717, 1.165) is 4.47 Å². The molecule has 21 heavy (non-hydrogen) atoms. The lowest BCUT2D eigenvalue weighted by atomic mass is 9.92. The molecule has 1 heterocycles. The number of nitrogens with zero attached hydrogens (tertiary/aromatic N) is 2. The van der Waals surface area contributed by atoms with Crippen LogP contribution in [0.15, 0.2) is 33.6 Å². The fourth-order valence-corrected chi connectivity index (χ4v) is 4.06. The first-order chi connectivity index (χ1) is 9.51. The van der Waals surface area contributed by atoms with E-state index in [0.29, 0.717) is 11.4 Å². The van der Waals surface area contributed by atoms with Crippen molar-refractivity contribution in [2.24, 2.45) is 0 Å². The number of hydrogen-bond donors (Lipinski definition) is 0. The topological polar surface area (TPSA) is 52.0 Å². The normalized spacial score (nSPS) is 12.7. The second-order valence-corrected chi connectivity index (χ2v) is 9.32. The monoisotopic (exact) mass is 410 g/mol. The van der Waals surface area contributed by atoms with Crippen molar-refractivity contribution in [2.45, 2.75) is 31.1 Å². The van der Waals surface area contributed by atoms with Crippen LogP contribution in [-0.4, -0.2) is 18.2 Å². The van der Waals surface area contributed by atoms with Crippen molar-refractivity contribution in [2.75, 3.05) is 0 Å². The standard InChI is InChI=1S/C13H13BrCl2N2O2S/c1-13(2,3)11-10(21(16,19)20)12(15)18(17-11)9-6-4-8(14)5-7-9/h4-7H,1-3H3. The largest absolute Gasteiger partial charge is 0.266 e. The molecule has 0 aliphatic rings. The third kappa shape index (κ3) is 3.44. The minimum atomic E-state index is -3.99. The SMILES string of the molecule is CC(C)(C)c1nn(-c2ccc(Br)cc2)c(Cl)c1S(=O)(=O)Cl. The third-order valence-corrected chi connectivity index (χ3v) is 5.14. The molecular weight excluding hydrogens is 399 g/mol. The Bertz CT molecular complexity index is 778. The summed E-state index contributed by atoms with van der Waals surface area (Å²) in [5.41, 5.74) is 0.479. The van der Waals surface area contributed by atoms with E-state index in [1.54, 1.807) is 12.1 Å². The molecule has 1 aromatic carbocycles. The first-order valence-corrected chi connectivity index (χ1v) is 9.49. The fraction of sp³-hybridized carbons (Fsp3) is 0.308. The molecule has 0 N–H and O–H groups in total. The zero-order valence-corrected chi connectivity index (χ0v) is 15.5. The van der Waals surface area contributed by atoms with Gasteiger partial charge >= 0.3 is 0 Å². The van der Waals surface area contributed by atoms with Crippen molar-refractivity contribution >= 4 is 47.3 Å². The zero-order chi connectivity index (χ0) is 16.0. The van der Waals surface area contributed by atoms with Gasteiger partial charge in [0.2, 0.25) is 0 Å². The third-order valence-electron chi connectivity index (χ3n) is 2.81. The molecule has 8 heteroatoms. The maximum Gasteiger partial charge on any atom is 0.266 e. The average molecular weight is 412 g/mol. The van der Waals surface area contributed by atoms with Crippen LogP contribution in [0.3, 0.4) is 0 Å². The van der Waals surface area contributed by atoms with Gasteiger partial charge in [0.15, 0.2) is 5.15 Å². The Morgan fingerprint density at radius 3 is 2.10 bits per heavy atom. The average Bonchev–Trinajstić information content (AvgIpc) is 2.67. The molecule has 0 fully saturated rings. The summed E-state index contributed by atoms with van der Waals surface area (Å²) in [7, 11) is 1.53. The van der Waals surface area contributed by atoms with Gasteiger partial charge in [-0.3, -0.25) is 0 Å². The smallest absolute Gasteiger partial charge is 0.220 e. The highest BCUT2D eigenvalue weighted by Crippen LogP contribution is 2.36. The minimum absolute atomic E-state index is 0.0164. The molecule has 0 atom stereocenters. The van der Waals surface area contributed by atoms with Crippen LogP contribution in [0.2, 0.25) is 5.15 Å². The molecule has 0 unspecified atom stereocenters. The number of aromatic nitrogens is 2. The molecule has 0 aliphatic heterocycles. The van der Waals surface area contributed by atoms with Crippen LogP contribution < -0.4 is 0 Å². The highest BCUT2D eigenvalue weighted by molar-refractivity contribution is 9.10. The van der Waals surface area contributed by atoms with Crippen molar-refractivity contribution in [1.82, 2.24) is 9.78 Å². The Hall–Kier alpha value is -0.560. The van der Waals surface area contributed by atoms with Crippen LogP contribution >= 0.6 is 38.2 Å². The summed E-state index contributed by atoms with van der Waals surface area (Å²) >= 11 is 9.56. The van der Waals surface area contributed by atoms with Gasteiger partial charge in [-0.1, -0.05) is 48.3 Å². The molecule has 4 nitrogen and oxygen atoms in total. The van der Waals surface area contributed by atoms with Crippen molar-refractivity contribution in [3.63, 3.8) is 0 Å². The van der Waals surface area contributed by atoms with Gasteiger partial charge in [0.25, 0.3) is 9.05 Å². The Kier molecular flexibility index (Phi) is 4.46. The van der Waals surface area contributed by atoms with E-state index in [4.69, 9.17) is 22.3 Å². The predicted molar refractivity (Wildman–Crippen MR) is 88.0 cm³/mol. The molecule has 0 saturated carbocycles. The second kappa shape index (κ2) is 5.57. The van der Waals surface area contributed by atoms with E-state index >= 15 is 0 Å². The summed E-state index contributed by atoms with van der Waals surface area (Å²) in [6.07, 6.45) is 0. The Labute approximate surface area is 141 Å². The number of rotatable bonds is 2. The van der Waals surface area contributed by atoms with Crippen molar-refractivity contribution in [3.8, 4) is 5.69 Å². The van der Waals surface area contributed by atoms with Gasteiger partial charge in [-0.15, -0.1) is 0 Å². The van der Waals surface area contributed by atoms with E-state index in [9.17, 15) is 8.42 Å². The van der Waals surface area contributed by atoms with Gasteiger partial charge < -0.3 is 0 Å². The highest BCUT2D eigenvalue weighted by Gasteiger charge is 2.33. The minimum Gasteiger partial charge on any atom is -0.220 e. The van der Waals surface area contributed by atoms with Crippen molar-refractivity contribution in [1.29, 1.82) is 0 Å². The van der Waals surface area contributed by atoms with Gasteiger partial charge in [0, 0.05) is 20.6 Å². The lowest BCUT2D eigenvalue weighted by Gasteiger charge is -2.16. The maximum atomic E-state index is 11.8. The molecule has 0 saturated heterocycles. The summed E-state index contributed by atoms with van der Waals surface area (Å²) in [6, 6.07) is 7.19. The maximum absolute atomic E-state index is 11.8. The van der Waals surface area contributed by atoms with Crippen LogP contribution in [0, 0.1) is 0 Å². The second-order valence-electron chi connectivity index (χ2n) is 5.54. The molecule has 0 aliphatic carbocycles. The molecular formula is C13H13BrCl2N2O2S. The molecule has 2 aromatic rings. The molecule has 0 bridgehead atoms. The summed E-state index contributed by atoms with van der Waals surface area (Å²) in [6.45, 7) is 5.55. The van der Waals surface area contributed by atoms with Crippen molar-refractivity contribution in [3.05, 3.63) is 39.6 Å². The van der Waals surface area contributed by atoms with Gasteiger partial charge in [0.1, 0.15) is 4.90 Å². The Morgan fingerprint density at radius 1 is 1.19 bits per heavy atom. The Balaban J connectivity index is 2.76. The lowest BCUT2D eigenvalue weighted by Crippen LogP contribution is -2.15. The molecule has 1 aromatic heterocycles. The van der Waals surface area contributed by atoms with Crippen LogP contribution in [0.5, 0.6) is 0 Å². The summed E-state index contributed by atoms with van der Waals surface area (Å²) in [5.74, 6) is 0. The van der Waals surface area contributed by atoms with Crippen LogP contribution in [0.1, 0.15) is 26.5 Å². The van der Waals surface area contributed by atoms with Crippen molar-refractivity contribution < 1.29 is 8.42 Å². The first kappa shape index (κ1) is 16.8. The van der Waals surface area contributed by atoms with Crippen LogP contribution in [-0.2, 0) is 14.5 Å². The van der Waals surface area contributed by atoms with E-state index in [1.807, 2.05) is 32.9 Å². The predicted octanol–water partition coefficient (Wildman–Crippen LogP) is 4.51. The zero-order valence-electron chi connectivity index (χ0n) is 11.6. The number of halogens is 3. The molecule has 2 rings (SSSR count). The molecule has 0 amide bonds.